The Labute approximate surface area is 122 Å². The Kier molecular flexibility index (Phi) is 4.23. The van der Waals surface area contributed by atoms with Crippen LogP contribution in [0.15, 0.2) is 47.6 Å². The second kappa shape index (κ2) is 6.09. The van der Waals surface area contributed by atoms with Gasteiger partial charge in [0.25, 0.3) is 5.91 Å². The van der Waals surface area contributed by atoms with Crippen LogP contribution >= 0.6 is 0 Å². The molecule has 5 nitrogen and oxygen atoms in total. The van der Waals surface area contributed by atoms with E-state index in [1.54, 1.807) is 43.3 Å². The van der Waals surface area contributed by atoms with E-state index in [9.17, 15) is 9.90 Å². The van der Waals surface area contributed by atoms with Gasteiger partial charge in [-0.2, -0.15) is 0 Å². The number of phenols is 1. The molecule has 2 aromatic rings. The molecule has 0 bridgehead atoms. The lowest BCUT2D eigenvalue weighted by molar-refractivity contribution is 0.102. The predicted octanol–water partition coefficient (Wildman–Crippen LogP) is 3.15. The van der Waals surface area contributed by atoms with Crippen LogP contribution in [0.2, 0.25) is 0 Å². The minimum atomic E-state index is -0.400. The summed E-state index contributed by atoms with van der Waals surface area (Å²) < 4.78 is 0. The summed E-state index contributed by atoms with van der Waals surface area (Å²) in [6.45, 7) is 3.49. The molecule has 3 N–H and O–H groups in total. The van der Waals surface area contributed by atoms with Gasteiger partial charge in [0.1, 0.15) is 5.75 Å². The predicted molar refractivity (Wildman–Crippen MR) is 81.2 cm³/mol. The van der Waals surface area contributed by atoms with Gasteiger partial charge in [0.2, 0.25) is 0 Å². The Balaban J connectivity index is 2.23. The van der Waals surface area contributed by atoms with Crippen molar-refractivity contribution < 1.29 is 15.1 Å². The molecular weight excluding hydrogens is 268 g/mol. The molecule has 108 valence electrons. The van der Waals surface area contributed by atoms with E-state index in [2.05, 4.69) is 10.5 Å². The van der Waals surface area contributed by atoms with E-state index in [1.807, 2.05) is 6.92 Å². The zero-order valence-electron chi connectivity index (χ0n) is 11.8. The molecule has 0 atom stereocenters. The molecule has 0 aliphatic heterocycles. The van der Waals surface area contributed by atoms with Crippen LogP contribution in [-0.2, 0) is 0 Å². The maximum atomic E-state index is 12.1. The Morgan fingerprint density at radius 1 is 1.19 bits per heavy atom. The van der Waals surface area contributed by atoms with Gasteiger partial charge in [-0.1, -0.05) is 23.4 Å². The maximum absolute atomic E-state index is 12.1. The SMILES string of the molecule is C/C(=N\O)c1cccc(NC(=O)c2ccc(C)cc2O)c1. The van der Waals surface area contributed by atoms with Crippen LogP contribution in [-0.4, -0.2) is 21.9 Å². The van der Waals surface area contributed by atoms with Gasteiger partial charge < -0.3 is 15.6 Å². The lowest BCUT2D eigenvalue weighted by Gasteiger charge is -2.08. The Morgan fingerprint density at radius 2 is 1.95 bits per heavy atom. The van der Waals surface area contributed by atoms with E-state index >= 15 is 0 Å². The van der Waals surface area contributed by atoms with Crippen molar-refractivity contribution in [1.82, 2.24) is 0 Å². The highest BCUT2D eigenvalue weighted by atomic mass is 16.4. The van der Waals surface area contributed by atoms with Crippen LogP contribution in [0, 0.1) is 6.92 Å². The van der Waals surface area contributed by atoms with Crippen molar-refractivity contribution in [3.8, 4) is 5.75 Å². The Morgan fingerprint density at radius 3 is 2.62 bits per heavy atom. The number of carbonyl (C=O) groups is 1. The third-order valence-electron chi connectivity index (χ3n) is 3.09. The van der Waals surface area contributed by atoms with Gasteiger partial charge in [0.05, 0.1) is 11.3 Å². The number of hydrogen-bond acceptors (Lipinski definition) is 4. The summed E-state index contributed by atoms with van der Waals surface area (Å²) in [6.07, 6.45) is 0. The summed E-state index contributed by atoms with van der Waals surface area (Å²) >= 11 is 0. The highest BCUT2D eigenvalue weighted by molar-refractivity contribution is 6.07. The smallest absolute Gasteiger partial charge is 0.259 e. The van der Waals surface area contributed by atoms with Crippen LogP contribution in [0.1, 0.15) is 28.4 Å². The third-order valence-corrected chi connectivity index (χ3v) is 3.09. The summed E-state index contributed by atoms with van der Waals surface area (Å²) in [7, 11) is 0. The van der Waals surface area contributed by atoms with Crippen LogP contribution in [0.3, 0.4) is 0 Å². The topological polar surface area (TPSA) is 81.9 Å². The van der Waals surface area contributed by atoms with Crippen LogP contribution < -0.4 is 5.32 Å². The first-order valence-corrected chi connectivity index (χ1v) is 6.41. The second-order valence-corrected chi connectivity index (χ2v) is 4.74. The fraction of sp³-hybridized carbons (Fsp3) is 0.125. The van der Waals surface area contributed by atoms with Crippen LogP contribution in [0.5, 0.6) is 5.75 Å². The molecule has 2 aromatic carbocycles. The number of hydrogen-bond donors (Lipinski definition) is 3. The molecule has 21 heavy (non-hydrogen) atoms. The number of oxime groups is 1. The van der Waals surface area contributed by atoms with E-state index in [1.165, 1.54) is 6.07 Å². The monoisotopic (exact) mass is 284 g/mol. The quantitative estimate of drug-likeness (QED) is 0.460. The van der Waals surface area contributed by atoms with Gasteiger partial charge in [-0.05, 0) is 43.7 Å². The summed E-state index contributed by atoms with van der Waals surface area (Å²) in [4.78, 5) is 12.1. The molecule has 0 radical (unpaired) electrons. The average Bonchev–Trinajstić information content (AvgIpc) is 2.46. The molecule has 0 aliphatic rings. The van der Waals surface area contributed by atoms with E-state index in [0.717, 1.165) is 5.56 Å². The minimum Gasteiger partial charge on any atom is -0.507 e. The molecule has 5 heteroatoms. The van der Waals surface area contributed by atoms with Crippen molar-refractivity contribution in [2.45, 2.75) is 13.8 Å². The molecular formula is C16H16N2O3. The number of carbonyl (C=O) groups excluding carboxylic acids is 1. The Hall–Kier alpha value is -2.82. The second-order valence-electron chi connectivity index (χ2n) is 4.74. The van der Waals surface area contributed by atoms with Crippen molar-refractivity contribution in [3.63, 3.8) is 0 Å². The van der Waals surface area contributed by atoms with E-state index in [4.69, 9.17) is 5.21 Å². The number of nitrogens with one attached hydrogen (secondary N) is 1. The van der Waals surface area contributed by atoms with Gasteiger partial charge in [-0.25, -0.2) is 0 Å². The molecule has 0 fully saturated rings. The molecule has 0 heterocycles. The lowest BCUT2D eigenvalue weighted by Crippen LogP contribution is -2.12. The number of benzene rings is 2. The summed E-state index contributed by atoms with van der Waals surface area (Å²) in [5.41, 5.74) is 2.78. The highest BCUT2D eigenvalue weighted by Gasteiger charge is 2.11. The molecule has 1 amide bonds. The van der Waals surface area contributed by atoms with Crippen molar-refractivity contribution in [3.05, 3.63) is 59.2 Å². The van der Waals surface area contributed by atoms with E-state index < -0.39 is 5.91 Å². The van der Waals surface area contributed by atoms with Crippen LogP contribution in [0.4, 0.5) is 5.69 Å². The van der Waals surface area contributed by atoms with Crippen molar-refractivity contribution in [2.75, 3.05) is 5.32 Å². The molecule has 0 spiro atoms. The number of phenolic OH excluding ortho intramolecular Hbond substituents is 1. The number of aryl methyl sites for hydroxylation is 1. The fourth-order valence-electron chi connectivity index (χ4n) is 1.91. The molecule has 0 unspecified atom stereocenters. The minimum absolute atomic E-state index is 0.0586. The first-order valence-electron chi connectivity index (χ1n) is 6.41. The van der Waals surface area contributed by atoms with Crippen molar-refractivity contribution >= 4 is 17.3 Å². The van der Waals surface area contributed by atoms with Crippen molar-refractivity contribution in [1.29, 1.82) is 0 Å². The van der Waals surface area contributed by atoms with E-state index in [0.29, 0.717) is 17.0 Å². The zero-order chi connectivity index (χ0) is 15.4. The van der Waals surface area contributed by atoms with Gasteiger partial charge >= 0.3 is 0 Å². The number of nitrogens with zero attached hydrogens (tertiary/aromatic N) is 1. The number of aromatic hydroxyl groups is 1. The van der Waals surface area contributed by atoms with Crippen molar-refractivity contribution in [2.24, 2.45) is 5.16 Å². The normalized spacial score (nSPS) is 11.2. The van der Waals surface area contributed by atoms with Gasteiger partial charge in [-0.15, -0.1) is 0 Å². The van der Waals surface area contributed by atoms with Gasteiger partial charge in [-0.3, -0.25) is 4.79 Å². The van der Waals surface area contributed by atoms with Gasteiger partial charge in [0.15, 0.2) is 0 Å². The largest absolute Gasteiger partial charge is 0.507 e. The Bertz CT molecular complexity index is 708. The van der Waals surface area contributed by atoms with Crippen LogP contribution in [0.25, 0.3) is 0 Å². The molecule has 0 aromatic heterocycles. The molecule has 0 saturated heterocycles. The standard InChI is InChI=1S/C16H16N2O3/c1-10-6-7-14(15(19)8-10)16(20)17-13-5-3-4-12(9-13)11(2)18-21/h3-9,19,21H,1-2H3,(H,17,20)/b18-11+. The lowest BCUT2D eigenvalue weighted by atomic mass is 10.1. The zero-order valence-corrected chi connectivity index (χ0v) is 11.8. The molecule has 0 saturated carbocycles. The first-order chi connectivity index (χ1) is 10.0. The number of amides is 1. The highest BCUT2D eigenvalue weighted by Crippen LogP contribution is 2.20. The number of anilines is 1. The molecule has 0 aliphatic carbocycles. The summed E-state index contributed by atoms with van der Waals surface area (Å²) in [5, 5.41) is 24.4. The third kappa shape index (κ3) is 3.39. The maximum Gasteiger partial charge on any atom is 0.259 e. The van der Waals surface area contributed by atoms with Gasteiger partial charge in [0, 0.05) is 11.3 Å². The first kappa shape index (κ1) is 14.6. The summed E-state index contributed by atoms with van der Waals surface area (Å²) in [5.74, 6) is -0.458. The average molecular weight is 284 g/mol. The molecule has 2 rings (SSSR count). The fourth-order valence-corrected chi connectivity index (χ4v) is 1.91. The van der Waals surface area contributed by atoms with E-state index in [-0.39, 0.29) is 11.3 Å². The number of rotatable bonds is 3. The summed E-state index contributed by atoms with van der Waals surface area (Å²) in [6, 6.07) is 11.8.